The fraction of sp³-hybridized carbons (Fsp3) is 0.625. The second-order valence-corrected chi connectivity index (χ2v) is 2.42. The van der Waals surface area contributed by atoms with Crippen LogP contribution >= 0.6 is 0 Å². The molecular weight excluding hydrogens is 142 g/mol. The summed E-state index contributed by atoms with van der Waals surface area (Å²) in [5, 5.41) is 11.3. The normalized spacial score (nSPS) is 12.0. The van der Waals surface area contributed by atoms with Gasteiger partial charge in [0.25, 0.3) is 0 Å². The van der Waals surface area contributed by atoms with Crippen LogP contribution < -0.4 is 5.32 Å². The standard InChI is InChI=1S/C8H13NO2/c1-3-6-9-7(2)4-5-8(10)11/h1,7,9H,4-6H2,2H3,(H,10,11). The highest BCUT2D eigenvalue weighted by atomic mass is 16.4. The van der Waals surface area contributed by atoms with E-state index in [1.165, 1.54) is 0 Å². The summed E-state index contributed by atoms with van der Waals surface area (Å²) in [6.45, 7) is 2.42. The third-order valence-electron chi connectivity index (χ3n) is 1.34. The van der Waals surface area contributed by atoms with Gasteiger partial charge < -0.3 is 10.4 Å². The van der Waals surface area contributed by atoms with Crippen molar-refractivity contribution in [2.75, 3.05) is 6.54 Å². The Balaban J connectivity index is 3.31. The zero-order chi connectivity index (χ0) is 8.69. The van der Waals surface area contributed by atoms with Crippen LogP contribution in [0.1, 0.15) is 19.8 Å². The van der Waals surface area contributed by atoms with E-state index in [-0.39, 0.29) is 12.5 Å². The molecule has 2 N–H and O–H groups in total. The van der Waals surface area contributed by atoms with Crippen molar-refractivity contribution in [1.82, 2.24) is 5.32 Å². The SMILES string of the molecule is C#CCNC(C)CCC(=O)O. The molecule has 0 aromatic heterocycles. The van der Waals surface area contributed by atoms with Gasteiger partial charge in [-0.05, 0) is 13.3 Å². The van der Waals surface area contributed by atoms with Crippen LogP contribution in [0.4, 0.5) is 0 Å². The Morgan fingerprint density at radius 2 is 2.45 bits per heavy atom. The molecule has 0 bridgehead atoms. The van der Waals surface area contributed by atoms with Crippen molar-refractivity contribution >= 4 is 5.97 Å². The minimum absolute atomic E-state index is 0.183. The molecule has 0 radical (unpaired) electrons. The largest absolute Gasteiger partial charge is 0.481 e. The Kier molecular flexibility index (Phi) is 5.22. The molecule has 0 amide bonds. The first-order valence-electron chi connectivity index (χ1n) is 3.55. The summed E-state index contributed by atoms with van der Waals surface area (Å²) in [5.74, 6) is 1.66. The van der Waals surface area contributed by atoms with Crippen LogP contribution in [0.5, 0.6) is 0 Å². The molecule has 1 atom stereocenters. The summed E-state index contributed by atoms with van der Waals surface area (Å²) in [6.07, 6.45) is 5.82. The van der Waals surface area contributed by atoms with Gasteiger partial charge in [0.05, 0.1) is 6.54 Å². The number of terminal acetylenes is 1. The van der Waals surface area contributed by atoms with E-state index in [1.807, 2.05) is 6.92 Å². The number of hydrogen-bond acceptors (Lipinski definition) is 2. The van der Waals surface area contributed by atoms with Crippen molar-refractivity contribution in [1.29, 1.82) is 0 Å². The number of hydrogen-bond donors (Lipinski definition) is 2. The molecule has 0 rings (SSSR count). The lowest BCUT2D eigenvalue weighted by Gasteiger charge is -2.08. The number of carboxylic acid groups (broad SMARTS) is 1. The molecule has 0 aliphatic rings. The van der Waals surface area contributed by atoms with Crippen LogP contribution in [0.15, 0.2) is 0 Å². The lowest BCUT2D eigenvalue weighted by Crippen LogP contribution is -2.26. The fourth-order valence-electron chi connectivity index (χ4n) is 0.675. The van der Waals surface area contributed by atoms with Crippen molar-refractivity contribution < 1.29 is 9.90 Å². The molecule has 3 nitrogen and oxygen atoms in total. The van der Waals surface area contributed by atoms with E-state index in [0.717, 1.165) is 0 Å². The number of rotatable bonds is 5. The van der Waals surface area contributed by atoms with E-state index < -0.39 is 5.97 Å². The first kappa shape index (κ1) is 9.99. The predicted molar refractivity (Wildman–Crippen MR) is 43.2 cm³/mol. The van der Waals surface area contributed by atoms with E-state index in [0.29, 0.717) is 13.0 Å². The molecule has 0 saturated carbocycles. The maximum absolute atomic E-state index is 10.1. The fourth-order valence-corrected chi connectivity index (χ4v) is 0.675. The minimum atomic E-state index is -0.764. The molecule has 11 heavy (non-hydrogen) atoms. The maximum Gasteiger partial charge on any atom is 0.303 e. The molecule has 0 fully saturated rings. The molecule has 0 saturated heterocycles. The molecule has 0 spiro atoms. The van der Waals surface area contributed by atoms with Crippen molar-refractivity contribution in [3.05, 3.63) is 0 Å². The predicted octanol–water partition coefficient (Wildman–Crippen LogP) is 0.463. The number of aliphatic carboxylic acids is 1. The summed E-state index contributed by atoms with van der Waals surface area (Å²) < 4.78 is 0. The van der Waals surface area contributed by atoms with E-state index in [2.05, 4.69) is 11.2 Å². The summed E-state index contributed by atoms with van der Waals surface area (Å²) in [5.41, 5.74) is 0. The first-order chi connectivity index (χ1) is 5.16. The van der Waals surface area contributed by atoms with Gasteiger partial charge in [-0.2, -0.15) is 0 Å². The van der Waals surface area contributed by atoms with Gasteiger partial charge in [-0.15, -0.1) is 6.42 Å². The Bertz CT molecular complexity index is 160. The quantitative estimate of drug-likeness (QED) is 0.567. The van der Waals surface area contributed by atoms with Gasteiger partial charge in [0.2, 0.25) is 0 Å². The van der Waals surface area contributed by atoms with E-state index in [9.17, 15) is 4.79 Å². The van der Waals surface area contributed by atoms with Crippen molar-refractivity contribution in [3.8, 4) is 12.3 Å². The first-order valence-corrected chi connectivity index (χ1v) is 3.55. The molecule has 0 aliphatic heterocycles. The van der Waals surface area contributed by atoms with Crippen LogP contribution in [0.25, 0.3) is 0 Å². The minimum Gasteiger partial charge on any atom is -0.481 e. The Hall–Kier alpha value is -1.01. The smallest absolute Gasteiger partial charge is 0.303 e. The van der Waals surface area contributed by atoms with E-state index in [4.69, 9.17) is 11.5 Å². The second kappa shape index (κ2) is 5.75. The molecule has 62 valence electrons. The van der Waals surface area contributed by atoms with Crippen LogP contribution in [0.3, 0.4) is 0 Å². The number of nitrogens with one attached hydrogen (secondary N) is 1. The van der Waals surface area contributed by atoms with Crippen LogP contribution in [-0.2, 0) is 4.79 Å². The third kappa shape index (κ3) is 6.88. The van der Waals surface area contributed by atoms with Crippen molar-refractivity contribution in [3.63, 3.8) is 0 Å². The molecule has 0 aromatic rings. The van der Waals surface area contributed by atoms with Crippen molar-refractivity contribution in [2.45, 2.75) is 25.8 Å². The van der Waals surface area contributed by atoms with E-state index >= 15 is 0 Å². The van der Waals surface area contributed by atoms with Crippen LogP contribution in [0, 0.1) is 12.3 Å². The summed E-state index contributed by atoms with van der Waals surface area (Å²) in [7, 11) is 0. The maximum atomic E-state index is 10.1. The number of carbonyl (C=O) groups is 1. The topological polar surface area (TPSA) is 49.3 Å². The van der Waals surface area contributed by atoms with Gasteiger partial charge in [-0.25, -0.2) is 0 Å². The highest BCUT2D eigenvalue weighted by Gasteiger charge is 2.02. The molecular formula is C8H13NO2. The van der Waals surface area contributed by atoms with Gasteiger partial charge in [0.15, 0.2) is 0 Å². The van der Waals surface area contributed by atoms with Crippen LogP contribution in [0.2, 0.25) is 0 Å². The lowest BCUT2D eigenvalue weighted by atomic mass is 10.2. The van der Waals surface area contributed by atoms with Gasteiger partial charge in [-0.3, -0.25) is 4.79 Å². The molecule has 0 aliphatic carbocycles. The Morgan fingerprint density at radius 1 is 1.82 bits per heavy atom. The van der Waals surface area contributed by atoms with Gasteiger partial charge in [0.1, 0.15) is 0 Å². The second-order valence-electron chi connectivity index (χ2n) is 2.42. The monoisotopic (exact) mass is 155 g/mol. The zero-order valence-electron chi connectivity index (χ0n) is 6.63. The average Bonchev–Trinajstić information content (AvgIpc) is 1.97. The Morgan fingerprint density at radius 3 is 2.91 bits per heavy atom. The summed E-state index contributed by atoms with van der Waals surface area (Å²) in [6, 6.07) is 0.183. The summed E-state index contributed by atoms with van der Waals surface area (Å²) in [4.78, 5) is 10.1. The van der Waals surface area contributed by atoms with Gasteiger partial charge >= 0.3 is 5.97 Å². The van der Waals surface area contributed by atoms with Crippen molar-refractivity contribution in [2.24, 2.45) is 0 Å². The Labute approximate surface area is 66.8 Å². The number of carboxylic acids is 1. The lowest BCUT2D eigenvalue weighted by molar-refractivity contribution is -0.137. The molecule has 0 heterocycles. The average molecular weight is 155 g/mol. The zero-order valence-corrected chi connectivity index (χ0v) is 6.63. The highest BCUT2D eigenvalue weighted by Crippen LogP contribution is 1.94. The third-order valence-corrected chi connectivity index (χ3v) is 1.34. The summed E-state index contributed by atoms with van der Waals surface area (Å²) >= 11 is 0. The molecule has 0 aromatic carbocycles. The van der Waals surface area contributed by atoms with Gasteiger partial charge in [0, 0.05) is 12.5 Å². The molecule has 3 heteroatoms. The van der Waals surface area contributed by atoms with E-state index in [1.54, 1.807) is 0 Å². The van der Waals surface area contributed by atoms with Gasteiger partial charge in [-0.1, -0.05) is 5.92 Å². The molecule has 1 unspecified atom stereocenters. The van der Waals surface area contributed by atoms with Crippen LogP contribution in [-0.4, -0.2) is 23.7 Å². The highest BCUT2D eigenvalue weighted by molar-refractivity contribution is 5.66.